The topological polar surface area (TPSA) is 30.7 Å². The zero-order chi connectivity index (χ0) is 18.9. The van der Waals surface area contributed by atoms with Crippen LogP contribution < -0.4 is 0 Å². The largest absolute Gasteiger partial charge is 0.341 e. The molecule has 0 spiro atoms. The molecule has 2 aromatic carbocycles. The van der Waals surface area contributed by atoms with Crippen molar-refractivity contribution < 1.29 is 17.6 Å². The molecule has 0 aliphatic heterocycles. The van der Waals surface area contributed by atoms with E-state index in [1.165, 1.54) is 42.1 Å². The molecule has 3 nitrogen and oxygen atoms in total. The molecule has 0 bridgehead atoms. The van der Waals surface area contributed by atoms with Gasteiger partial charge in [-0.3, -0.25) is 0 Å². The quantitative estimate of drug-likeness (QED) is 0.447. The lowest BCUT2D eigenvalue weighted by atomic mass is 10.0. The van der Waals surface area contributed by atoms with Crippen LogP contribution in [0.25, 0.3) is 5.69 Å². The zero-order valence-corrected chi connectivity index (χ0v) is 14.8. The van der Waals surface area contributed by atoms with Gasteiger partial charge in [0.2, 0.25) is 5.82 Å². The Labute approximate surface area is 152 Å². The summed E-state index contributed by atoms with van der Waals surface area (Å²) in [6, 6.07) is 9.79. The van der Waals surface area contributed by atoms with Crippen molar-refractivity contribution in [1.29, 1.82) is 0 Å². The summed E-state index contributed by atoms with van der Waals surface area (Å²) in [6.07, 6.45) is -0.0180. The molecule has 1 atom stereocenters. The minimum Gasteiger partial charge on any atom is -0.235 e. The SMILES string of the molecule is CSc1ccc(-n2ncnc2C(F)(F)C(F)c2cccc(C)c2)cc1F. The standard InChI is InChI=1S/C18H15F4N3S/c1-11-4-3-5-12(8-11)16(20)18(21,22)17-23-10-24-25(17)13-6-7-15(26-2)14(19)9-13/h3-10,16H,1-2H3. The van der Waals surface area contributed by atoms with Crippen molar-refractivity contribution in [2.45, 2.75) is 23.9 Å². The number of halogens is 4. The van der Waals surface area contributed by atoms with E-state index in [2.05, 4.69) is 10.1 Å². The molecule has 0 aliphatic rings. The molecule has 0 radical (unpaired) electrons. The molecule has 1 heterocycles. The third-order valence-electron chi connectivity index (χ3n) is 3.88. The Balaban J connectivity index is 2.02. The monoisotopic (exact) mass is 381 g/mol. The number of hydrogen-bond acceptors (Lipinski definition) is 3. The number of thioether (sulfide) groups is 1. The third kappa shape index (κ3) is 3.33. The lowest BCUT2D eigenvalue weighted by molar-refractivity contribution is -0.0898. The van der Waals surface area contributed by atoms with Crippen LogP contribution in [0.15, 0.2) is 53.7 Å². The number of aryl methyl sites for hydroxylation is 1. The molecule has 8 heteroatoms. The van der Waals surface area contributed by atoms with E-state index in [0.717, 1.165) is 17.1 Å². The van der Waals surface area contributed by atoms with E-state index in [0.29, 0.717) is 10.5 Å². The summed E-state index contributed by atoms with van der Waals surface area (Å²) in [5.74, 6) is -5.41. The van der Waals surface area contributed by atoms with Crippen molar-refractivity contribution in [3.63, 3.8) is 0 Å². The molecular formula is C18H15F4N3S. The Morgan fingerprint density at radius 1 is 1.15 bits per heavy atom. The van der Waals surface area contributed by atoms with Crippen molar-refractivity contribution >= 4 is 11.8 Å². The fraction of sp³-hybridized carbons (Fsp3) is 0.222. The van der Waals surface area contributed by atoms with E-state index < -0.39 is 23.7 Å². The highest BCUT2D eigenvalue weighted by molar-refractivity contribution is 7.98. The molecule has 1 aromatic heterocycles. The first-order chi connectivity index (χ1) is 12.3. The molecule has 0 saturated carbocycles. The zero-order valence-electron chi connectivity index (χ0n) is 14.0. The Morgan fingerprint density at radius 3 is 2.58 bits per heavy atom. The third-order valence-corrected chi connectivity index (χ3v) is 4.65. The van der Waals surface area contributed by atoms with Crippen LogP contribution in [0.2, 0.25) is 0 Å². The highest BCUT2D eigenvalue weighted by atomic mass is 32.2. The van der Waals surface area contributed by atoms with Crippen molar-refractivity contribution in [3.8, 4) is 5.69 Å². The Hall–Kier alpha value is -2.35. The van der Waals surface area contributed by atoms with E-state index in [4.69, 9.17) is 0 Å². The van der Waals surface area contributed by atoms with E-state index in [9.17, 15) is 17.6 Å². The van der Waals surface area contributed by atoms with Gasteiger partial charge in [0.15, 0.2) is 6.17 Å². The second-order valence-corrected chi connectivity index (χ2v) is 6.56. The molecule has 0 aliphatic carbocycles. The van der Waals surface area contributed by atoms with Crippen LogP contribution in [0.4, 0.5) is 17.6 Å². The molecule has 3 aromatic rings. The first kappa shape index (κ1) is 18.4. The van der Waals surface area contributed by atoms with Gasteiger partial charge in [-0.05, 0) is 30.9 Å². The molecule has 0 fully saturated rings. The van der Waals surface area contributed by atoms with E-state index in [-0.39, 0.29) is 11.3 Å². The van der Waals surface area contributed by atoms with Gasteiger partial charge < -0.3 is 0 Å². The number of nitrogens with zero attached hydrogens (tertiary/aromatic N) is 3. The fourth-order valence-electron chi connectivity index (χ4n) is 2.60. The average Bonchev–Trinajstić information content (AvgIpc) is 3.11. The maximum atomic E-state index is 14.8. The van der Waals surface area contributed by atoms with Gasteiger partial charge in [-0.15, -0.1) is 11.8 Å². The summed E-state index contributed by atoms with van der Waals surface area (Å²) in [5, 5.41) is 3.73. The Bertz CT molecular complexity index is 926. The van der Waals surface area contributed by atoms with Crippen molar-refractivity contribution in [2.75, 3.05) is 6.26 Å². The van der Waals surface area contributed by atoms with Gasteiger partial charge in [-0.2, -0.15) is 13.9 Å². The number of alkyl halides is 3. The Kier molecular flexibility index (Phi) is 5.04. The number of aromatic nitrogens is 3. The first-order valence-corrected chi connectivity index (χ1v) is 8.90. The predicted molar refractivity (Wildman–Crippen MR) is 92.0 cm³/mol. The fourth-order valence-corrected chi connectivity index (χ4v) is 3.05. The van der Waals surface area contributed by atoms with Gasteiger partial charge in [-0.1, -0.05) is 29.8 Å². The number of benzene rings is 2. The number of hydrogen-bond donors (Lipinski definition) is 0. The first-order valence-electron chi connectivity index (χ1n) is 7.67. The van der Waals surface area contributed by atoms with Crippen LogP contribution in [0.3, 0.4) is 0 Å². The van der Waals surface area contributed by atoms with E-state index >= 15 is 0 Å². The van der Waals surface area contributed by atoms with Gasteiger partial charge >= 0.3 is 5.92 Å². The minimum atomic E-state index is -3.95. The molecular weight excluding hydrogens is 366 g/mol. The van der Waals surface area contributed by atoms with Crippen LogP contribution >= 0.6 is 11.8 Å². The van der Waals surface area contributed by atoms with Gasteiger partial charge in [0, 0.05) is 11.0 Å². The van der Waals surface area contributed by atoms with E-state index in [1.54, 1.807) is 19.2 Å². The van der Waals surface area contributed by atoms with Crippen LogP contribution in [0, 0.1) is 12.7 Å². The summed E-state index contributed by atoms with van der Waals surface area (Å²) < 4.78 is 59.0. The molecule has 136 valence electrons. The van der Waals surface area contributed by atoms with Crippen molar-refractivity contribution in [2.24, 2.45) is 0 Å². The highest BCUT2D eigenvalue weighted by Gasteiger charge is 2.47. The normalized spacial score (nSPS) is 13.0. The average molecular weight is 381 g/mol. The highest BCUT2D eigenvalue weighted by Crippen LogP contribution is 2.43. The summed E-state index contributed by atoms with van der Waals surface area (Å²) in [7, 11) is 0. The van der Waals surface area contributed by atoms with Crippen molar-refractivity contribution in [1.82, 2.24) is 14.8 Å². The van der Waals surface area contributed by atoms with E-state index in [1.807, 2.05) is 0 Å². The minimum absolute atomic E-state index is 0.0453. The maximum absolute atomic E-state index is 14.8. The summed E-state index contributed by atoms with van der Waals surface area (Å²) in [4.78, 5) is 3.91. The second-order valence-electron chi connectivity index (χ2n) is 5.71. The number of rotatable bonds is 5. The van der Waals surface area contributed by atoms with Gasteiger partial charge in [0.25, 0.3) is 0 Å². The summed E-state index contributed by atoms with van der Waals surface area (Å²) in [6.45, 7) is 1.69. The van der Waals surface area contributed by atoms with Crippen LogP contribution in [0.1, 0.15) is 23.1 Å². The van der Waals surface area contributed by atoms with Gasteiger partial charge in [0.1, 0.15) is 12.1 Å². The molecule has 3 rings (SSSR count). The lowest BCUT2D eigenvalue weighted by Crippen LogP contribution is -2.26. The summed E-state index contributed by atoms with van der Waals surface area (Å²) >= 11 is 1.19. The van der Waals surface area contributed by atoms with Crippen LogP contribution in [0.5, 0.6) is 0 Å². The van der Waals surface area contributed by atoms with Crippen molar-refractivity contribution in [3.05, 3.63) is 71.6 Å². The summed E-state index contributed by atoms with van der Waals surface area (Å²) in [5.41, 5.74) is 0.550. The predicted octanol–water partition coefficient (Wildman–Crippen LogP) is 5.24. The maximum Gasteiger partial charge on any atom is 0.341 e. The molecule has 26 heavy (non-hydrogen) atoms. The lowest BCUT2D eigenvalue weighted by Gasteiger charge is -2.21. The molecule has 1 unspecified atom stereocenters. The smallest absolute Gasteiger partial charge is 0.235 e. The second kappa shape index (κ2) is 7.11. The molecule has 0 N–H and O–H groups in total. The van der Waals surface area contributed by atoms with Gasteiger partial charge in [-0.25, -0.2) is 18.4 Å². The van der Waals surface area contributed by atoms with Crippen LogP contribution in [-0.2, 0) is 5.92 Å². The molecule has 0 amide bonds. The Morgan fingerprint density at radius 2 is 1.92 bits per heavy atom. The molecule has 0 saturated heterocycles. The van der Waals surface area contributed by atoms with Gasteiger partial charge in [0.05, 0.1) is 5.69 Å². The van der Waals surface area contributed by atoms with Crippen LogP contribution in [-0.4, -0.2) is 21.0 Å².